The number of carbonyl (C=O) groups is 1. The summed E-state index contributed by atoms with van der Waals surface area (Å²) in [5.74, 6) is 1.14. The van der Waals surface area contributed by atoms with E-state index in [0.29, 0.717) is 18.4 Å². The summed E-state index contributed by atoms with van der Waals surface area (Å²) in [6.45, 7) is 0.598. The van der Waals surface area contributed by atoms with Gasteiger partial charge in [0.2, 0.25) is 0 Å². The molecule has 0 spiro atoms. The highest BCUT2D eigenvalue weighted by Crippen LogP contribution is 2.31. The van der Waals surface area contributed by atoms with Gasteiger partial charge in [0.15, 0.2) is 0 Å². The molecular formula is C10H15Br2NO2. The number of nitrogens with one attached hydrogen (secondary N) is 1. The molecule has 0 aliphatic heterocycles. The Labute approximate surface area is 107 Å². The second kappa shape index (κ2) is 6.53. The van der Waals surface area contributed by atoms with E-state index in [1.54, 1.807) is 0 Å². The van der Waals surface area contributed by atoms with E-state index in [2.05, 4.69) is 43.3 Å². The van der Waals surface area contributed by atoms with Crippen LogP contribution in [0.4, 0.5) is 4.79 Å². The van der Waals surface area contributed by atoms with E-state index in [1.165, 1.54) is 0 Å². The first-order valence-electron chi connectivity index (χ1n) is 5.07. The molecule has 3 nitrogen and oxygen atoms in total. The summed E-state index contributed by atoms with van der Waals surface area (Å²) in [5.41, 5.74) is 0. The Morgan fingerprint density at radius 3 is 2.40 bits per heavy atom. The molecule has 1 amide bonds. The maximum absolute atomic E-state index is 10.3. The zero-order valence-electron chi connectivity index (χ0n) is 8.38. The predicted molar refractivity (Wildman–Crippen MR) is 67.4 cm³/mol. The molecule has 0 heterocycles. The van der Waals surface area contributed by atoms with Crippen molar-refractivity contribution in [3.8, 4) is 0 Å². The molecule has 1 fully saturated rings. The maximum atomic E-state index is 10.3. The van der Waals surface area contributed by atoms with Gasteiger partial charge < -0.3 is 10.4 Å². The van der Waals surface area contributed by atoms with E-state index in [0.717, 1.165) is 29.1 Å². The monoisotopic (exact) mass is 339 g/mol. The number of hydrogen-bond donors (Lipinski definition) is 2. The lowest BCUT2D eigenvalue weighted by molar-refractivity contribution is 0.189. The minimum atomic E-state index is -0.916. The fourth-order valence-electron chi connectivity index (χ4n) is 1.97. The second-order valence-electron chi connectivity index (χ2n) is 3.92. The molecule has 0 aromatic heterocycles. The number of rotatable bonds is 3. The highest BCUT2D eigenvalue weighted by Gasteiger charge is 2.20. The van der Waals surface area contributed by atoms with Gasteiger partial charge in [-0.2, -0.15) is 0 Å². The Bertz CT molecular complexity index is 244. The van der Waals surface area contributed by atoms with E-state index >= 15 is 0 Å². The molecule has 0 saturated heterocycles. The lowest BCUT2D eigenvalue weighted by atomic mass is 9.82. The van der Waals surface area contributed by atoms with Crippen molar-refractivity contribution >= 4 is 38.0 Å². The Balaban J connectivity index is 2.24. The van der Waals surface area contributed by atoms with Gasteiger partial charge in [0.05, 0.1) is 3.39 Å². The largest absolute Gasteiger partial charge is 0.465 e. The van der Waals surface area contributed by atoms with Crippen LogP contribution in [-0.4, -0.2) is 17.7 Å². The number of halogens is 2. The van der Waals surface area contributed by atoms with Gasteiger partial charge in [-0.1, -0.05) is 6.08 Å². The summed E-state index contributed by atoms with van der Waals surface area (Å²) in [7, 11) is 0. The van der Waals surface area contributed by atoms with Gasteiger partial charge in [-0.15, -0.1) is 0 Å². The molecule has 0 aromatic carbocycles. The highest BCUT2D eigenvalue weighted by molar-refractivity contribution is 9.28. The van der Waals surface area contributed by atoms with Crippen molar-refractivity contribution in [2.24, 2.45) is 11.8 Å². The first-order valence-corrected chi connectivity index (χ1v) is 6.66. The van der Waals surface area contributed by atoms with Gasteiger partial charge in [-0.3, -0.25) is 0 Å². The normalized spacial score (nSPS) is 25.7. The van der Waals surface area contributed by atoms with Crippen LogP contribution in [0, 0.1) is 11.8 Å². The Morgan fingerprint density at radius 1 is 1.33 bits per heavy atom. The van der Waals surface area contributed by atoms with Gasteiger partial charge in [0, 0.05) is 6.54 Å². The topological polar surface area (TPSA) is 49.3 Å². The molecular weight excluding hydrogens is 326 g/mol. The average Bonchev–Trinajstić information content (AvgIpc) is 2.16. The van der Waals surface area contributed by atoms with E-state index in [1.807, 2.05) is 0 Å². The quantitative estimate of drug-likeness (QED) is 0.823. The average molecular weight is 341 g/mol. The predicted octanol–water partition coefficient (Wildman–Crippen LogP) is 3.69. The summed E-state index contributed by atoms with van der Waals surface area (Å²) in [6, 6.07) is 0. The zero-order chi connectivity index (χ0) is 11.3. The van der Waals surface area contributed by atoms with Gasteiger partial charge in [0.25, 0.3) is 0 Å². The van der Waals surface area contributed by atoms with Crippen LogP contribution in [0.25, 0.3) is 0 Å². The molecule has 5 heteroatoms. The van der Waals surface area contributed by atoms with Crippen molar-refractivity contribution < 1.29 is 9.90 Å². The van der Waals surface area contributed by atoms with E-state index in [9.17, 15) is 4.79 Å². The Hall–Kier alpha value is -0.0300. The number of carboxylic acid groups (broad SMARTS) is 1. The van der Waals surface area contributed by atoms with Crippen LogP contribution in [0.1, 0.15) is 25.7 Å². The first-order chi connectivity index (χ1) is 7.08. The molecule has 2 N–H and O–H groups in total. The molecule has 0 bridgehead atoms. The van der Waals surface area contributed by atoms with Crippen LogP contribution in [0.15, 0.2) is 9.47 Å². The van der Waals surface area contributed by atoms with Crippen molar-refractivity contribution in [1.82, 2.24) is 5.32 Å². The van der Waals surface area contributed by atoms with Crippen LogP contribution >= 0.6 is 31.9 Å². The fraction of sp³-hybridized carbons (Fsp3) is 0.700. The van der Waals surface area contributed by atoms with Gasteiger partial charge >= 0.3 is 6.09 Å². The lowest BCUT2D eigenvalue weighted by Crippen LogP contribution is -2.29. The molecule has 0 radical (unpaired) electrons. The van der Waals surface area contributed by atoms with E-state index in [-0.39, 0.29) is 0 Å². The third-order valence-corrected chi connectivity index (χ3v) is 3.32. The summed E-state index contributed by atoms with van der Waals surface area (Å²) >= 11 is 6.73. The van der Waals surface area contributed by atoms with Crippen molar-refractivity contribution in [1.29, 1.82) is 0 Å². The molecule has 1 rings (SSSR count). The Kier molecular flexibility index (Phi) is 5.68. The molecule has 0 unspecified atom stereocenters. The molecule has 0 aromatic rings. The summed E-state index contributed by atoms with van der Waals surface area (Å²) in [5, 5.41) is 10.9. The molecule has 15 heavy (non-hydrogen) atoms. The van der Waals surface area contributed by atoms with Crippen LogP contribution in [0.3, 0.4) is 0 Å². The van der Waals surface area contributed by atoms with Crippen LogP contribution < -0.4 is 5.32 Å². The smallest absolute Gasteiger partial charge is 0.404 e. The summed E-state index contributed by atoms with van der Waals surface area (Å²) in [6.07, 6.45) is 5.77. The molecule has 86 valence electrons. The summed E-state index contributed by atoms with van der Waals surface area (Å²) < 4.78 is 1.02. The van der Waals surface area contributed by atoms with Gasteiger partial charge in [-0.25, -0.2) is 4.79 Å². The number of amides is 1. The van der Waals surface area contributed by atoms with Gasteiger partial charge in [-0.05, 0) is 69.4 Å². The molecule has 1 aliphatic rings. The first kappa shape index (κ1) is 13.0. The van der Waals surface area contributed by atoms with Crippen molar-refractivity contribution in [2.75, 3.05) is 6.54 Å². The Morgan fingerprint density at radius 2 is 1.93 bits per heavy atom. The van der Waals surface area contributed by atoms with E-state index < -0.39 is 6.09 Å². The van der Waals surface area contributed by atoms with Crippen molar-refractivity contribution in [3.05, 3.63) is 9.47 Å². The highest BCUT2D eigenvalue weighted by atomic mass is 79.9. The third-order valence-electron chi connectivity index (χ3n) is 2.80. The van der Waals surface area contributed by atoms with Crippen LogP contribution in [0.2, 0.25) is 0 Å². The third kappa shape index (κ3) is 5.56. The number of hydrogen-bond acceptors (Lipinski definition) is 1. The summed E-state index contributed by atoms with van der Waals surface area (Å²) in [4.78, 5) is 10.3. The van der Waals surface area contributed by atoms with Crippen molar-refractivity contribution in [2.45, 2.75) is 25.7 Å². The van der Waals surface area contributed by atoms with E-state index in [4.69, 9.17) is 5.11 Å². The zero-order valence-corrected chi connectivity index (χ0v) is 11.6. The molecule has 0 atom stereocenters. The van der Waals surface area contributed by atoms with Crippen LogP contribution in [-0.2, 0) is 0 Å². The fourth-order valence-corrected chi connectivity index (χ4v) is 2.72. The molecule has 1 saturated carbocycles. The van der Waals surface area contributed by atoms with Gasteiger partial charge in [0.1, 0.15) is 0 Å². The SMILES string of the molecule is O=C(O)NCC1CCC(C=C(Br)Br)CC1. The number of allylic oxidation sites excluding steroid dienone is 1. The van der Waals surface area contributed by atoms with Crippen molar-refractivity contribution in [3.63, 3.8) is 0 Å². The minimum absolute atomic E-state index is 0.514. The van der Waals surface area contributed by atoms with Crippen LogP contribution in [0.5, 0.6) is 0 Å². The molecule has 1 aliphatic carbocycles. The minimum Gasteiger partial charge on any atom is -0.465 e. The standard InChI is InChI=1S/C10H15Br2NO2/c11-9(12)5-7-1-3-8(4-2-7)6-13-10(14)15/h5,7-8,13H,1-4,6H2,(H,14,15). The lowest BCUT2D eigenvalue weighted by Gasteiger charge is -2.26. The maximum Gasteiger partial charge on any atom is 0.404 e. The second-order valence-corrected chi connectivity index (χ2v) is 6.70.